The summed E-state index contributed by atoms with van der Waals surface area (Å²) in [6.45, 7) is 2.26. The number of likely N-dealkylation sites (tertiary alicyclic amines) is 3. The summed E-state index contributed by atoms with van der Waals surface area (Å²) in [7, 11) is -3.53. The molecule has 16 heteroatoms. The van der Waals surface area contributed by atoms with Gasteiger partial charge in [0.15, 0.2) is 18.9 Å². The lowest BCUT2D eigenvalue weighted by Gasteiger charge is -2.43. The third-order valence-electron chi connectivity index (χ3n) is 7.19. The Morgan fingerprint density at radius 1 is 0.541 bits per heavy atom. The molecular weight excluding hydrogens is 524 g/mol. The van der Waals surface area contributed by atoms with Crippen LogP contribution >= 0.6 is 0 Å². The highest BCUT2D eigenvalue weighted by molar-refractivity contribution is 6.36. The molecule has 3 heterocycles. The molecule has 0 N–H and O–H groups in total. The quantitative estimate of drug-likeness (QED) is 0.204. The summed E-state index contributed by atoms with van der Waals surface area (Å²) >= 11 is 0. The van der Waals surface area contributed by atoms with Gasteiger partial charge >= 0.3 is 26.0 Å². The lowest BCUT2D eigenvalue weighted by molar-refractivity contribution is -0.381. The van der Waals surface area contributed by atoms with Crippen LogP contribution in [0.3, 0.4) is 0 Å². The molecule has 3 aliphatic rings. The lowest BCUT2D eigenvalue weighted by atomic mass is 9.99. The largest absolute Gasteiger partial charge is 0.655 e. The van der Waals surface area contributed by atoms with Gasteiger partial charge in [-0.3, -0.25) is 0 Å². The Labute approximate surface area is 210 Å². The van der Waals surface area contributed by atoms with E-state index in [4.69, 9.17) is 0 Å². The van der Waals surface area contributed by atoms with Crippen molar-refractivity contribution in [2.24, 2.45) is 17.8 Å². The van der Waals surface area contributed by atoms with Crippen LogP contribution in [-0.4, -0.2) is 79.2 Å². The number of halogens is 9. The maximum absolute atomic E-state index is 14.9. The molecule has 6 atom stereocenters. The minimum Gasteiger partial charge on any atom is -0.312 e. The van der Waals surface area contributed by atoms with Crippen LogP contribution in [0, 0.1) is 17.8 Å². The normalized spacial score (nSPS) is 34.1. The summed E-state index contributed by atoms with van der Waals surface area (Å²) in [4.78, 5) is -0.378. The molecule has 0 amide bonds. The van der Waals surface area contributed by atoms with Crippen molar-refractivity contribution < 1.29 is 53.5 Å². The van der Waals surface area contributed by atoms with Crippen LogP contribution in [0.2, 0.25) is 0 Å². The second-order valence-corrected chi connectivity index (χ2v) is 10.2. The molecule has 0 aromatic heterocycles. The van der Waals surface area contributed by atoms with Crippen molar-refractivity contribution in [3.63, 3.8) is 0 Å². The van der Waals surface area contributed by atoms with Gasteiger partial charge in [0, 0.05) is 37.4 Å². The fraction of sp³-hybridized carbons (Fsp3) is 1.00. The summed E-state index contributed by atoms with van der Waals surface area (Å²) in [6.07, 6.45) is -20.1. The summed E-state index contributed by atoms with van der Waals surface area (Å²) in [5.41, 5.74) is 0. The average Bonchev–Trinajstić information content (AvgIpc) is 2.78. The van der Waals surface area contributed by atoms with Crippen molar-refractivity contribution in [3.05, 3.63) is 0 Å². The highest BCUT2D eigenvalue weighted by Gasteiger charge is 2.59. The van der Waals surface area contributed by atoms with Crippen LogP contribution in [0.25, 0.3) is 0 Å². The number of piperidine rings is 3. The minimum absolute atomic E-state index is 0.0869. The molecule has 3 aliphatic heterocycles. The highest BCUT2D eigenvalue weighted by atomic mass is 19.3. The average molecular weight is 557 g/mol. The molecule has 3 saturated heterocycles. The lowest BCUT2D eigenvalue weighted by Crippen LogP contribution is -2.61. The smallest absolute Gasteiger partial charge is 0.312 e. The topological polar surface area (TPSA) is 37.4 Å². The molecule has 216 valence electrons. The second kappa shape index (κ2) is 11.7. The Morgan fingerprint density at radius 2 is 0.784 bits per heavy atom. The predicted octanol–water partition coefficient (Wildman–Crippen LogP) is 5.75. The van der Waals surface area contributed by atoms with Gasteiger partial charge in [-0.05, 0) is 38.5 Å². The zero-order valence-corrected chi connectivity index (χ0v) is 20.9. The van der Waals surface area contributed by atoms with Crippen molar-refractivity contribution in [3.8, 4) is 0 Å². The molecule has 0 radical (unpaired) electrons. The summed E-state index contributed by atoms with van der Waals surface area (Å²) in [5.74, 6) is -2.68. The first kappa shape index (κ1) is 30.7. The Hall–Kier alpha value is -0.805. The van der Waals surface area contributed by atoms with Gasteiger partial charge in [0.1, 0.15) is 0 Å². The monoisotopic (exact) mass is 557 g/mol. The Bertz CT molecular complexity index is 664. The Balaban J connectivity index is 1.86. The van der Waals surface area contributed by atoms with E-state index in [0.717, 1.165) is 0 Å². The van der Waals surface area contributed by atoms with E-state index in [2.05, 4.69) is 14.0 Å². The number of rotatable bonds is 9. The van der Waals surface area contributed by atoms with Crippen molar-refractivity contribution in [2.45, 2.75) is 96.9 Å². The van der Waals surface area contributed by atoms with Crippen LogP contribution < -0.4 is 0 Å². The summed E-state index contributed by atoms with van der Waals surface area (Å²) in [5, 5.41) is 0. The fourth-order valence-corrected chi connectivity index (χ4v) is 4.90. The van der Waals surface area contributed by atoms with Gasteiger partial charge < -0.3 is 14.0 Å². The first-order valence-corrected chi connectivity index (χ1v) is 12.5. The SMILES string of the molecule is C[C@H]1CCCN(C(F)(F)OB(OC(F)(F)N2CCC[C@H](C)[C@@H]2F)OC(F)(F)N2CCC[C@H](C)[C@@H]2F)[C@H]1F. The van der Waals surface area contributed by atoms with Gasteiger partial charge in [0.2, 0.25) is 0 Å². The molecule has 0 spiro atoms. The van der Waals surface area contributed by atoms with E-state index >= 15 is 0 Å². The standard InChI is InChI=1S/C21H33BF9N3O3/c1-13-7-4-10-32(16(13)23)19(26,27)35-22(36-20(28,29)33-11-5-8-14(2)17(33)24)37-21(30,31)34-12-6-9-15(3)18(34)25/h13-18H,4-12H2,1-3H3/t13-,14-,15-,16+,17+,18+/m0/s1. The van der Waals surface area contributed by atoms with Gasteiger partial charge in [-0.25, -0.2) is 13.2 Å². The summed E-state index contributed by atoms with van der Waals surface area (Å²) < 4.78 is 145. The van der Waals surface area contributed by atoms with Crippen molar-refractivity contribution in [2.75, 3.05) is 19.6 Å². The van der Waals surface area contributed by atoms with E-state index in [1.165, 1.54) is 20.8 Å². The van der Waals surface area contributed by atoms with Crippen molar-refractivity contribution >= 4 is 7.32 Å². The van der Waals surface area contributed by atoms with Crippen LogP contribution in [0.1, 0.15) is 59.3 Å². The molecule has 6 nitrogen and oxygen atoms in total. The maximum Gasteiger partial charge on any atom is 0.655 e. The Morgan fingerprint density at radius 3 is 1.03 bits per heavy atom. The number of alkyl halides is 9. The number of hydrogen-bond donors (Lipinski definition) is 0. The zero-order chi connectivity index (χ0) is 27.8. The zero-order valence-electron chi connectivity index (χ0n) is 20.9. The number of nitrogens with zero attached hydrogens (tertiary/aromatic N) is 3. The van der Waals surface area contributed by atoms with E-state index in [9.17, 15) is 39.5 Å². The van der Waals surface area contributed by atoms with Gasteiger partial charge in [-0.1, -0.05) is 20.8 Å². The van der Waals surface area contributed by atoms with Gasteiger partial charge in [-0.15, -0.1) is 0 Å². The molecule has 0 saturated carbocycles. The van der Waals surface area contributed by atoms with Crippen LogP contribution in [0.5, 0.6) is 0 Å². The molecule has 3 rings (SSSR count). The van der Waals surface area contributed by atoms with Crippen LogP contribution in [0.4, 0.5) is 39.5 Å². The molecule has 0 aromatic rings. The molecule has 0 aromatic carbocycles. The van der Waals surface area contributed by atoms with Gasteiger partial charge in [0.25, 0.3) is 0 Å². The van der Waals surface area contributed by atoms with E-state index in [-0.39, 0.29) is 53.2 Å². The first-order chi connectivity index (χ1) is 17.1. The second-order valence-electron chi connectivity index (χ2n) is 10.2. The summed E-state index contributed by atoms with van der Waals surface area (Å²) in [6, 6.07) is 0. The van der Waals surface area contributed by atoms with E-state index in [1.54, 1.807) is 0 Å². The molecule has 37 heavy (non-hydrogen) atoms. The third kappa shape index (κ3) is 7.04. The molecule has 0 aliphatic carbocycles. The third-order valence-corrected chi connectivity index (χ3v) is 7.19. The maximum atomic E-state index is 14.9. The minimum atomic E-state index is -4.74. The molecule has 0 bridgehead atoms. The van der Waals surface area contributed by atoms with Crippen molar-refractivity contribution in [1.82, 2.24) is 14.7 Å². The highest BCUT2D eigenvalue weighted by Crippen LogP contribution is 2.40. The van der Waals surface area contributed by atoms with Crippen LogP contribution in [0.15, 0.2) is 0 Å². The Kier molecular flexibility index (Phi) is 9.76. The molecular formula is C21H33BF9N3O3. The van der Waals surface area contributed by atoms with Crippen molar-refractivity contribution in [1.29, 1.82) is 0 Å². The van der Waals surface area contributed by atoms with Gasteiger partial charge in [-0.2, -0.15) is 41.0 Å². The predicted molar refractivity (Wildman–Crippen MR) is 114 cm³/mol. The van der Waals surface area contributed by atoms with E-state index in [0.29, 0.717) is 0 Å². The van der Waals surface area contributed by atoms with Gasteiger partial charge in [0.05, 0.1) is 0 Å². The number of hydrogen-bond acceptors (Lipinski definition) is 6. The molecule has 3 fully saturated rings. The molecule has 0 unspecified atom stereocenters. The fourth-order valence-electron chi connectivity index (χ4n) is 4.90. The van der Waals surface area contributed by atoms with Crippen LogP contribution in [-0.2, 0) is 14.0 Å². The first-order valence-electron chi connectivity index (χ1n) is 12.5. The van der Waals surface area contributed by atoms with E-state index in [1.807, 2.05) is 0 Å². The van der Waals surface area contributed by atoms with E-state index < -0.39 is 82.3 Å².